The van der Waals surface area contributed by atoms with Crippen molar-refractivity contribution in [1.82, 2.24) is 30.0 Å². The molecule has 0 bridgehead atoms. The number of benzene rings is 1. The molecule has 0 amide bonds. The maximum atomic E-state index is 14.6. The van der Waals surface area contributed by atoms with Gasteiger partial charge in [-0.1, -0.05) is 6.07 Å². The number of aliphatic hydroxyl groups is 1. The molecule has 4 aromatic rings. The Morgan fingerprint density at radius 2 is 2.06 bits per heavy atom. The Morgan fingerprint density at radius 1 is 1.21 bits per heavy atom. The zero-order chi connectivity index (χ0) is 22.9. The first-order valence-electron chi connectivity index (χ1n) is 11.2. The van der Waals surface area contributed by atoms with Crippen LogP contribution >= 0.6 is 0 Å². The molecule has 0 radical (unpaired) electrons. The predicted molar refractivity (Wildman–Crippen MR) is 123 cm³/mol. The normalized spacial score (nSPS) is 21.1. The molecule has 1 aliphatic carbocycles. The third-order valence-corrected chi connectivity index (χ3v) is 6.48. The standard InChI is InChI=1S/C24H27FN6O2/c1-14-24(33)30-20-9-16(18(25)11-21(20)29-14)13-28-19-5-4-17(10-22(19)32)27-12-15-3-2-7-31-8-6-26-23(15)31/h2-3,6-9,11,17,19,22,27-28,32H,4-5,10,12-13H2,1H3,(H,30,33)/t17-,19-,22+/m0/s1. The topological polar surface area (TPSA) is 107 Å². The van der Waals surface area contributed by atoms with E-state index in [9.17, 15) is 14.3 Å². The molecule has 1 aliphatic rings. The number of rotatable bonds is 6. The molecule has 3 atom stereocenters. The summed E-state index contributed by atoms with van der Waals surface area (Å²) in [5, 5.41) is 17.5. The van der Waals surface area contributed by atoms with Gasteiger partial charge < -0.3 is 25.1 Å². The van der Waals surface area contributed by atoms with Crippen molar-refractivity contribution in [2.75, 3.05) is 0 Å². The lowest BCUT2D eigenvalue weighted by molar-refractivity contribution is 0.0741. The van der Waals surface area contributed by atoms with Gasteiger partial charge >= 0.3 is 0 Å². The molecular formula is C24H27FN6O2. The molecule has 5 rings (SSSR count). The van der Waals surface area contributed by atoms with Gasteiger partial charge in [-0.05, 0) is 38.3 Å². The number of pyridine rings is 1. The van der Waals surface area contributed by atoms with Crippen molar-refractivity contribution in [3.05, 3.63) is 75.8 Å². The van der Waals surface area contributed by atoms with Gasteiger partial charge in [-0.15, -0.1) is 0 Å². The molecule has 1 aromatic carbocycles. The minimum atomic E-state index is -0.536. The molecule has 1 fully saturated rings. The average molecular weight is 451 g/mol. The number of fused-ring (bicyclic) bond motifs is 2. The highest BCUT2D eigenvalue weighted by Crippen LogP contribution is 2.22. The Hall–Kier alpha value is -3.14. The van der Waals surface area contributed by atoms with Crippen LogP contribution in [0.5, 0.6) is 0 Å². The summed E-state index contributed by atoms with van der Waals surface area (Å²) in [6, 6.07) is 7.09. The van der Waals surface area contributed by atoms with Crippen molar-refractivity contribution < 1.29 is 9.50 Å². The van der Waals surface area contributed by atoms with Gasteiger partial charge in [-0.2, -0.15) is 0 Å². The van der Waals surface area contributed by atoms with Crippen molar-refractivity contribution >= 4 is 16.7 Å². The van der Waals surface area contributed by atoms with Gasteiger partial charge in [0.2, 0.25) is 0 Å². The first kappa shape index (κ1) is 21.7. The van der Waals surface area contributed by atoms with Crippen LogP contribution in [0.25, 0.3) is 16.7 Å². The third-order valence-electron chi connectivity index (χ3n) is 6.48. The first-order valence-corrected chi connectivity index (χ1v) is 11.2. The van der Waals surface area contributed by atoms with Crippen molar-refractivity contribution in [3.8, 4) is 0 Å². The van der Waals surface area contributed by atoms with Crippen LogP contribution in [-0.2, 0) is 13.1 Å². The fourth-order valence-electron chi connectivity index (χ4n) is 4.59. The summed E-state index contributed by atoms with van der Waals surface area (Å²) in [4.78, 5) is 23.1. The van der Waals surface area contributed by atoms with Crippen molar-refractivity contribution in [2.45, 2.75) is 57.5 Å². The summed E-state index contributed by atoms with van der Waals surface area (Å²) in [5.41, 5.74) is 3.44. The van der Waals surface area contributed by atoms with E-state index in [-0.39, 0.29) is 30.0 Å². The van der Waals surface area contributed by atoms with E-state index in [4.69, 9.17) is 0 Å². The minimum absolute atomic E-state index is 0.121. The van der Waals surface area contributed by atoms with Gasteiger partial charge in [0.25, 0.3) is 5.56 Å². The van der Waals surface area contributed by atoms with Gasteiger partial charge in [-0.25, -0.2) is 14.4 Å². The fraction of sp³-hybridized carbons (Fsp3) is 0.375. The van der Waals surface area contributed by atoms with E-state index in [2.05, 4.69) is 31.7 Å². The van der Waals surface area contributed by atoms with Gasteiger partial charge in [0.1, 0.15) is 17.2 Å². The number of hydrogen-bond acceptors (Lipinski definition) is 6. The van der Waals surface area contributed by atoms with E-state index in [1.807, 2.05) is 22.9 Å². The second kappa shape index (κ2) is 9.01. The molecule has 33 heavy (non-hydrogen) atoms. The number of halogens is 1. The molecule has 4 N–H and O–H groups in total. The summed E-state index contributed by atoms with van der Waals surface area (Å²) < 4.78 is 16.6. The molecule has 9 heteroatoms. The second-order valence-corrected chi connectivity index (χ2v) is 8.75. The summed E-state index contributed by atoms with van der Waals surface area (Å²) in [6.45, 7) is 2.54. The van der Waals surface area contributed by atoms with Crippen LogP contribution in [0.15, 0.2) is 47.7 Å². The third kappa shape index (κ3) is 4.52. The number of nitrogens with zero attached hydrogens (tertiary/aromatic N) is 3. The lowest BCUT2D eigenvalue weighted by atomic mass is 9.88. The molecule has 0 aliphatic heterocycles. The van der Waals surface area contributed by atoms with E-state index in [0.717, 1.165) is 24.1 Å². The van der Waals surface area contributed by atoms with Crippen molar-refractivity contribution in [1.29, 1.82) is 0 Å². The largest absolute Gasteiger partial charge is 0.391 e. The smallest absolute Gasteiger partial charge is 0.269 e. The number of hydrogen-bond donors (Lipinski definition) is 4. The van der Waals surface area contributed by atoms with Crippen molar-refractivity contribution in [3.63, 3.8) is 0 Å². The van der Waals surface area contributed by atoms with E-state index in [1.165, 1.54) is 6.07 Å². The maximum Gasteiger partial charge on any atom is 0.269 e. The molecule has 0 saturated heterocycles. The van der Waals surface area contributed by atoms with E-state index >= 15 is 0 Å². The number of aryl methyl sites for hydroxylation is 1. The average Bonchev–Trinajstić information content (AvgIpc) is 3.28. The van der Waals surface area contributed by atoms with Gasteiger partial charge in [-0.3, -0.25) is 4.79 Å². The molecule has 3 heterocycles. The number of aromatic nitrogens is 4. The van der Waals surface area contributed by atoms with Crippen LogP contribution in [-0.4, -0.2) is 42.6 Å². The Morgan fingerprint density at radius 3 is 2.91 bits per heavy atom. The van der Waals surface area contributed by atoms with E-state index < -0.39 is 6.10 Å². The van der Waals surface area contributed by atoms with E-state index in [1.54, 1.807) is 19.2 Å². The highest BCUT2D eigenvalue weighted by Gasteiger charge is 2.28. The monoisotopic (exact) mass is 450 g/mol. The minimum Gasteiger partial charge on any atom is -0.391 e. The van der Waals surface area contributed by atoms with Crippen LogP contribution in [0, 0.1) is 12.7 Å². The van der Waals surface area contributed by atoms with Crippen LogP contribution in [0.2, 0.25) is 0 Å². The molecule has 8 nitrogen and oxygen atoms in total. The van der Waals surface area contributed by atoms with Crippen LogP contribution in [0.4, 0.5) is 4.39 Å². The lowest BCUT2D eigenvalue weighted by Crippen LogP contribution is -2.48. The number of aromatic amines is 1. The second-order valence-electron chi connectivity index (χ2n) is 8.75. The molecule has 172 valence electrons. The SMILES string of the molecule is Cc1nc2cc(F)c(CN[C@H]3CC[C@H](NCc4cccn5ccnc45)C[C@H]3O)cc2[nH]c1=O. The predicted octanol–water partition coefficient (Wildman–Crippen LogP) is 2.18. The highest BCUT2D eigenvalue weighted by molar-refractivity contribution is 5.75. The summed E-state index contributed by atoms with van der Waals surface area (Å²) in [7, 11) is 0. The van der Waals surface area contributed by atoms with Crippen molar-refractivity contribution in [2.24, 2.45) is 0 Å². The summed E-state index contributed by atoms with van der Waals surface area (Å²) in [6.07, 6.45) is 7.44. The first-order chi connectivity index (χ1) is 16.0. The van der Waals surface area contributed by atoms with Gasteiger partial charge in [0.05, 0.1) is 17.1 Å². The van der Waals surface area contributed by atoms with Crippen LogP contribution < -0.4 is 16.2 Å². The number of aliphatic hydroxyl groups excluding tert-OH is 1. The quantitative estimate of drug-likeness (QED) is 0.359. The zero-order valence-electron chi connectivity index (χ0n) is 18.4. The summed E-state index contributed by atoms with van der Waals surface area (Å²) in [5.74, 6) is -0.382. The number of imidazole rings is 1. The van der Waals surface area contributed by atoms with Gasteiger partial charge in [0.15, 0.2) is 0 Å². The fourth-order valence-corrected chi connectivity index (χ4v) is 4.59. The molecule has 3 aromatic heterocycles. The molecule has 0 spiro atoms. The Balaban J connectivity index is 1.18. The number of nitrogens with one attached hydrogen (secondary N) is 3. The molecule has 1 saturated carbocycles. The van der Waals surface area contributed by atoms with Gasteiger partial charge in [0, 0.05) is 61.0 Å². The molecule has 0 unspecified atom stereocenters. The van der Waals surface area contributed by atoms with Crippen LogP contribution in [0.3, 0.4) is 0 Å². The Bertz CT molecular complexity index is 1350. The summed E-state index contributed by atoms with van der Waals surface area (Å²) >= 11 is 0. The lowest BCUT2D eigenvalue weighted by Gasteiger charge is -2.34. The highest BCUT2D eigenvalue weighted by atomic mass is 19.1. The zero-order valence-corrected chi connectivity index (χ0v) is 18.4. The maximum absolute atomic E-state index is 14.6. The molecular weight excluding hydrogens is 423 g/mol. The number of H-pyrrole nitrogens is 1. The Kier molecular flexibility index (Phi) is 5.92. The van der Waals surface area contributed by atoms with Crippen LogP contribution in [0.1, 0.15) is 36.1 Å². The Labute approximate surface area is 189 Å². The van der Waals surface area contributed by atoms with E-state index in [0.29, 0.717) is 35.3 Å².